The van der Waals surface area contributed by atoms with Crippen LogP contribution >= 0.6 is 0 Å². The molecule has 0 atom stereocenters. The fourth-order valence-corrected chi connectivity index (χ4v) is 3.22. The van der Waals surface area contributed by atoms with E-state index in [0.717, 1.165) is 43.3 Å². The summed E-state index contributed by atoms with van der Waals surface area (Å²) < 4.78 is 36.9. The average Bonchev–Trinajstić information content (AvgIpc) is 2.71. The van der Waals surface area contributed by atoms with E-state index in [-0.39, 0.29) is 18.6 Å². The molecule has 0 spiro atoms. The monoisotopic (exact) mass is 390 g/mol. The van der Waals surface area contributed by atoms with E-state index < -0.39 is 11.6 Å². The van der Waals surface area contributed by atoms with E-state index in [0.29, 0.717) is 12.3 Å². The number of rotatable bonds is 7. The van der Waals surface area contributed by atoms with Gasteiger partial charge in [-0.1, -0.05) is 6.07 Å². The molecule has 1 amide bonds. The van der Waals surface area contributed by atoms with Gasteiger partial charge in [0.25, 0.3) is 5.91 Å². The van der Waals surface area contributed by atoms with Gasteiger partial charge in [0, 0.05) is 25.7 Å². The van der Waals surface area contributed by atoms with Gasteiger partial charge in [0.2, 0.25) is 0 Å². The topological polar surface area (TPSA) is 50.8 Å². The smallest absolute Gasteiger partial charge is 0.258 e. The zero-order valence-corrected chi connectivity index (χ0v) is 15.8. The lowest BCUT2D eigenvalue weighted by Gasteiger charge is -2.32. The Balaban J connectivity index is 1.38. The first-order valence-electron chi connectivity index (χ1n) is 9.26. The van der Waals surface area contributed by atoms with Crippen molar-refractivity contribution in [1.29, 1.82) is 0 Å². The van der Waals surface area contributed by atoms with Crippen molar-refractivity contribution in [3.8, 4) is 11.5 Å². The van der Waals surface area contributed by atoms with Crippen molar-refractivity contribution in [1.82, 2.24) is 10.2 Å². The van der Waals surface area contributed by atoms with Crippen molar-refractivity contribution in [2.45, 2.75) is 25.4 Å². The molecule has 1 fully saturated rings. The van der Waals surface area contributed by atoms with Crippen LogP contribution in [0.2, 0.25) is 0 Å². The Morgan fingerprint density at radius 3 is 2.39 bits per heavy atom. The molecule has 0 bridgehead atoms. The molecule has 3 rings (SSSR count). The number of carbonyl (C=O) groups excluding carboxylic acids is 1. The van der Waals surface area contributed by atoms with E-state index >= 15 is 0 Å². The van der Waals surface area contributed by atoms with Gasteiger partial charge >= 0.3 is 0 Å². The van der Waals surface area contributed by atoms with E-state index in [9.17, 15) is 13.6 Å². The number of amides is 1. The van der Waals surface area contributed by atoms with Gasteiger partial charge in [-0.2, -0.15) is 0 Å². The molecule has 5 nitrogen and oxygen atoms in total. The van der Waals surface area contributed by atoms with Crippen LogP contribution in [0.5, 0.6) is 11.5 Å². The maximum atomic E-state index is 13.3. The number of benzene rings is 2. The first-order chi connectivity index (χ1) is 13.5. The number of carbonyl (C=O) groups is 1. The summed E-state index contributed by atoms with van der Waals surface area (Å²) in [6, 6.07) is 11.1. The number of halogens is 2. The molecular weight excluding hydrogens is 366 g/mol. The number of hydrogen-bond acceptors (Lipinski definition) is 4. The Morgan fingerprint density at radius 2 is 1.75 bits per heavy atom. The fourth-order valence-electron chi connectivity index (χ4n) is 3.22. The van der Waals surface area contributed by atoms with Crippen LogP contribution < -0.4 is 14.8 Å². The first-order valence-corrected chi connectivity index (χ1v) is 9.26. The lowest BCUT2D eigenvalue weighted by Crippen LogP contribution is -2.45. The lowest BCUT2D eigenvalue weighted by molar-refractivity contribution is -0.124. The average molecular weight is 390 g/mol. The molecule has 28 heavy (non-hydrogen) atoms. The number of ether oxygens (including phenoxy) is 2. The molecule has 2 aromatic rings. The fraction of sp³-hybridized carbons (Fsp3) is 0.381. The van der Waals surface area contributed by atoms with Gasteiger partial charge in [0.05, 0.1) is 7.11 Å². The molecule has 1 aliphatic rings. The molecule has 0 radical (unpaired) electrons. The minimum Gasteiger partial charge on any atom is -0.497 e. The van der Waals surface area contributed by atoms with E-state index in [2.05, 4.69) is 10.2 Å². The predicted octanol–water partition coefficient (Wildman–Crippen LogP) is 3.13. The van der Waals surface area contributed by atoms with Crippen LogP contribution in [-0.2, 0) is 11.3 Å². The summed E-state index contributed by atoms with van der Waals surface area (Å²) in [6.45, 7) is 2.09. The second-order valence-corrected chi connectivity index (χ2v) is 6.83. The van der Waals surface area contributed by atoms with Crippen molar-refractivity contribution in [3.05, 3.63) is 59.7 Å². The third-order valence-electron chi connectivity index (χ3n) is 4.77. The molecule has 7 heteroatoms. The number of likely N-dealkylation sites (tertiary alicyclic amines) is 1. The summed E-state index contributed by atoms with van der Waals surface area (Å²) in [5, 5.41) is 2.99. The standard InChI is InChI=1S/C21H24F2N2O3/c1-27-17-3-5-18(6-4-17)28-14-21(26)24-16-8-10-25(11-9-16)13-15-2-7-19(22)20(23)12-15/h2-7,12,16H,8-11,13-14H2,1H3,(H,24,26). The van der Waals surface area contributed by atoms with Crippen molar-refractivity contribution >= 4 is 5.91 Å². The normalized spacial score (nSPS) is 15.2. The van der Waals surface area contributed by atoms with Gasteiger partial charge in [-0.25, -0.2) is 8.78 Å². The Bertz CT molecular complexity index is 791. The molecule has 1 saturated heterocycles. The van der Waals surface area contributed by atoms with Crippen LogP contribution in [0.15, 0.2) is 42.5 Å². The van der Waals surface area contributed by atoms with Crippen LogP contribution in [-0.4, -0.2) is 43.7 Å². The van der Waals surface area contributed by atoms with E-state index in [1.54, 1.807) is 37.4 Å². The van der Waals surface area contributed by atoms with E-state index in [4.69, 9.17) is 9.47 Å². The van der Waals surface area contributed by atoms with Crippen LogP contribution in [0.3, 0.4) is 0 Å². The molecule has 1 heterocycles. The molecule has 0 saturated carbocycles. The first kappa shape index (κ1) is 20.1. The van der Waals surface area contributed by atoms with Gasteiger partial charge in [-0.3, -0.25) is 9.69 Å². The van der Waals surface area contributed by atoms with Crippen molar-refractivity contribution in [2.75, 3.05) is 26.8 Å². The minimum absolute atomic E-state index is 0.0403. The highest BCUT2D eigenvalue weighted by molar-refractivity contribution is 5.77. The van der Waals surface area contributed by atoms with Crippen LogP contribution in [0, 0.1) is 11.6 Å². The van der Waals surface area contributed by atoms with Gasteiger partial charge in [-0.15, -0.1) is 0 Å². The summed E-state index contributed by atoms with van der Waals surface area (Å²) in [5.74, 6) is -0.474. The van der Waals surface area contributed by atoms with Gasteiger partial charge in [0.15, 0.2) is 18.2 Å². The molecule has 0 aromatic heterocycles. The quantitative estimate of drug-likeness (QED) is 0.789. The Labute approximate surface area is 163 Å². The number of nitrogens with one attached hydrogen (secondary N) is 1. The second kappa shape index (κ2) is 9.50. The van der Waals surface area contributed by atoms with Crippen LogP contribution in [0.25, 0.3) is 0 Å². The molecule has 2 aromatic carbocycles. The molecule has 150 valence electrons. The highest BCUT2D eigenvalue weighted by Gasteiger charge is 2.21. The zero-order chi connectivity index (χ0) is 19.9. The largest absolute Gasteiger partial charge is 0.497 e. The minimum atomic E-state index is -0.831. The predicted molar refractivity (Wildman–Crippen MR) is 101 cm³/mol. The maximum Gasteiger partial charge on any atom is 0.258 e. The second-order valence-electron chi connectivity index (χ2n) is 6.83. The molecule has 0 aliphatic carbocycles. The lowest BCUT2D eigenvalue weighted by atomic mass is 10.0. The van der Waals surface area contributed by atoms with Crippen molar-refractivity contribution in [2.24, 2.45) is 0 Å². The van der Waals surface area contributed by atoms with Gasteiger partial charge in [-0.05, 0) is 54.8 Å². The Hall–Kier alpha value is -2.67. The summed E-state index contributed by atoms with van der Waals surface area (Å²) >= 11 is 0. The SMILES string of the molecule is COc1ccc(OCC(=O)NC2CCN(Cc3ccc(F)c(F)c3)CC2)cc1. The van der Waals surface area contributed by atoms with Gasteiger partial charge < -0.3 is 14.8 Å². The summed E-state index contributed by atoms with van der Waals surface area (Å²) in [4.78, 5) is 14.3. The number of hydrogen-bond donors (Lipinski definition) is 1. The van der Waals surface area contributed by atoms with Crippen LogP contribution in [0.4, 0.5) is 8.78 Å². The summed E-state index contributed by atoms with van der Waals surface area (Å²) in [5.41, 5.74) is 0.745. The maximum absolute atomic E-state index is 13.3. The Morgan fingerprint density at radius 1 is 1.07 bits per heavy atom. The van der Waals surface area contributed by atoms with Crippen LogP contribution in [0.1, 0.15) is 18.4 Å². The molecular formula is C21H24F2N2O3. The molecule has 1 N–H and O–H groups in total. The summed E-state index contributed by atoms with van der Waals surface area (Å²) in [6.07, 6.45) is 1.61. The highest BCUT2D eigenvalue weighted by atomic mass is 19.2. The van der Waals surface area contributed by atoms with E-state index in [1.807, 2.05) is 0 Å². The van der Waals surface area contributed by atoms with Crippen molar-refractivity contribution in [3.63, 3.8) is 0 Å². The molecule has 1 aliphatic heterocycles. The Kier molecular flexibility index (Phi) is 6.81. The molecule has 0 unspecified atom stereocenters. The van der Waals surface area contributed by atoms with E-state index in [1.165, 1.54) is 6.07 Å². The number of nitrogens with zero attached hydrogens (tertiary/aromatic N) is 1. The third kappa shape index (κ3) is 5.66. The zero-order valence-electron chi connectivity index (χ0n) is 15.8. The number of methoxy groups -OCH3 is 1. The highest BCUT2D eigenvalue weighted by Crippen LogP contribution is 2.18. The number of piperidine rings is 1. The third-order valence-corrected chi connectivity index (χ3v) is 4.77. The van der Waals surface area contributed by atoms with Crippen molar-refractivity contribution < 1.29 is 23.0 Å². The van der Waals surface area contributed by atoms with Gasteiger partial charge in [0.1, 0.15) is 11.5 Å². The summed E-state index contributed by atoms with van der Waals surface area (Å²) in [7, 11) is 1.59.